The molecule has 1 aliphatic carbocycles. The van der Waals surface area contributed by atoms with Gasteiger partial charge < -0.3 is 10.6 Å². The number of rotatable bonds is 9. The minimum Gasteiger partial charge on any atom is -0.349 e. The van der Waals surface area contributed by atoms with Crippen molar-refractivity contribution in [2.24, 2.45) is 5.92 Å². The van der Waals surface area contributed by atoms with Crippen molar-refractivity contribution in [3.05, 3.63) is 77.6 Å². The molecule has 0 saturated heterocycles. The second kappa shape index (κ2) is 15.0. The maximum Gasteiger partial charge on any atom is 0.251 e. The molecule has 0 bridgehead atoms. The highest BCUT2D eigenvalue weighted by molar-refractivity contribution is 5.94. The highest BCUT2D eigenvalue weighted by Gasteiger charge is 2.18. The van der Waals surface area contributed by atoms with Gasteiger partial charge in [0.2, 0.25) is 0 Å². The van der Waals surface area contributed by atoms with E-state index in [2.05, 4.69) is 66.4 Å². The first-order valence-electron chi connectivity index (χ1n) is 12.0. The number of benzene rings is 1. The molecule has 1 heterocycles. The smallest absolute Gasteiger partial charge is 0.251 e. The molecule has 1 fully saturated rings. The quantitative estimate of drug-likeness (QED) is 0.392. The Labute approximate surface area is 200 Å². The van der Waals surface area contributed by atoms with Gasteiger partial charge in [-0.05, 0) is 77.6 Å². The molecule has 2 N–H and O–H groups in total. The predicted molar refractivity (Wildman–Crippen MR) is 138 cm³/mol. The van der Waals surface area contributed by atoms with Gasteiger partial charge in [0.25, 0.3) is 5.91 Å². The van der Waals surface area contributed by atoms with Gasteiger partial charge in [-0.2, -0.15) is 0 Å². The molecule has 1 amide bonds. The van der Waals surface area contributed by atoms with Crippen LogP contribution in [0.3, 0.4) is 0 Å². The number of pyridine rings is 1. The molecule has 0 radical (unpaired) electrons. The summed E-state index contributed by atoms with van der Waals surface area (Å²) in [4.78, 5) is 16.6. The van der Waals surface area contributed by atoms with Crippen molar-refractivity contribution in [3.63, 3.8) is 0 Å². The van der Waals surface area contributed by atoms with E-state index in [-0.39, 0.29) is 11.9 Å². The van der Waals surface area contributed by atoms with E-state index in [1.807, 2.05) is 25.1 Å². The molecule has 2 atom stereocenters. The second-order valence-electron chi connectivity index (χ2n) is 8.91. The van der Waals surface area contributed by atoms with Crippen molar-refractivity contribution in [3.8, 4) is 11.8 Å². The minimum absolute atomic E-state index is 0.0494. The summed E-state index contributed by atoms with van der Waals surface area (Å²) in [6, 6.07) is 14.2. The molecule has 1 unspecified atom stereocenters. The minimum atomic E-state index is -0.0494. The topological polar surface area (TPSA) is 54.0 Å². The molecule has 176 valence electrons. The molecule has 4 nitrogen and oxygen atoms in total. The molecular weight excluding hydrogens is 406 g/mol. The number of hydrogen-bond acceptors (Lipinski definition) is 3. The van der Waals surface area contributed by atoms with Crippen LogP contribution in [0.1, 0.15) is 69.3 Å². The van der Waals surface area contributed by atoms with Crippen molar-refractivity contribution in [1.29, 1.82) is 0 Å². The number of carbonyl (C=O) groups is 1. The van der Waals surface area contributed by atoms with E-state index in [1.54, 1.807) is 24.5 Å². The fourth-order valence-corrected chi connectivity index (χ4v) is 3.06. The molecule has 0 spiro atoms. The van der Waals surface area contributed by atoms with E-state index in [0.717, 1.165) is 25.8 Å². The van der Waals surface area contributed by atoms with Crippen LogP contribution in [0, 0.1) is 17.8 Å². The van der Waals surface area contributed by atoms with Gasteiger partial charge >= 0.3 is 0 Å². The summed E-state index contributed by atoms with van der Waals surface area (Å²) < 4.78 is 0. The van der Waals surface area contributed by atoms with Gasteiger partial charge in [-0.1, -0.05) is 47.9 Å². The molecule has 2 aromatic rings. The standard InChI is InChI=1S/C24H29N3O.C5H10/c1-19(6-5-9-20-10-11-20)26-17-14-23(18-21-7-3-2-4-8-21)27-24(28)22-12-15-25-16-13-22;1-4-5(2)3/h2-4,7-8,12-13,15-16,19-20,23,26H,6,10-11,14,17-18H2,1H3,(H,27,28);4H,1-3H3/t19?,23-;/m1./s1. The Kier molecular flexibility index (Phi) is 12.0. The lowest BCUT2D eigenvalue weighted by atomic mass is 10.0. The van der Waals surface area contributed by atoms with Crippen LogP contribution in [0.2, 0.25) is 0 Å². The van der Waals surface area contributed by atoms with Crippen molar-refractivity contribution < 1.29 is 4.79 Å². The van der Waals surface area contributed by atoms with Gasteiger partial charge in [-0.3, -0.25) is 9.78 Å². The van der Waals surface area contributed by atoms with Crippen molar-refractivity contribution in [2.75, 3.05) is 6.54 Å². The summed E-state index contributed by atoms with van der Waals surface area (Å²) in [5.74, 6) is 7.21. The number of hydrogen-bond donors (Lipinski definition) is 2. The van der Waals surface area contributed by atoms with Gasteiger partial charge in [0.1, 0.15) is 0 Å². The second-order valence-corrected chi connectivity index (χ2v) is 8.91. The summed E-state index contributed by atoms with van der Waals surface area (Å²) in [6.07, 6.45) is 10.5. The van der Waals surface area contributed by atoms with Crippen LogP contribution >= 0.6 is 0 Å². The van der Waals surface area contributed by atoms with Crippen LogP contribution in [0.4, 0.5) is 0 Å². The molecule has 0 aliphatic heterocycles. The number of nitrogens with one attached hydrogen (secondary N) is 2. The Morgan fingerprint density at radius 1 is 1.15 bits per heavy atom. The van der Waals surface area contributed by atoms with Crippen LogP contribution in [-0.4, -0.2) is 29.5 Å². The number of allylic oxidation sites excluding steroid dienone is 2. The Balaban J connectivity index is 0.000000696. The van der Waals surface area contributed by atoms with E-state index < -0.39 is 0 Å². The van der Waals surface area contributed by atoms with Crippen LogP contribution in [0.25, 0.3) is 0 Å². The molecule has 1 saturated carbocycles. The molecule has 4 heteroatoms. The summed E-state index contributed by atoms with van der Waals surface area (Å²) >= 11 is 0. The lowest BCUT2D eigenvalue weighted by Crippen LogP contribution is -2.39. The Morgan fingerprint density at radius 3 is 2.42 bits per heavy atom. The highest BCUT2D eigenvalue weighted by atomic mass is 16.1. The maximum atomic E-state index is 12.6. The van der Waals surface area contributed by atoms with Crippen molar-refractivity contribution in [2.45, 2.75) is 71.9 Å². The zero-order valence-corrected chi connectivity index (χ0v) is 20.6. The van der Waals surface area contributed by atoms with Gasteiger partial charge in [0.15, 0.2) is 0 Å². The Bertz CT molecular complexity index is 904. The van der Waals surface area contributed by atoms with E-state index in [1.165, 1.54) is 24.0 Å². The third-order valence-corrected chi connectivity index (χ3v) is 5.46. The zero-order valence-electron chi connectivity index (χ0n) is 20.6. The van der Waals surface area contributed by atoms with Crippen LogP contribution < -0.4 is 10.6 Å². The third kappa shape index (κ3) is 12.1. The fourth-order valence-electron chi connectivity index (χ4n) is 3.06. The van der Waals surface area contributed by atoms with E-state index in [9.17, 15) is 4.79 Å². The summed E-state index contributed by atoms with van der Waals surface area (Å²) in [5.41, 5.74) is 3.25. The largest absolute Gasteiger partial charge is 0.349 e. The van der Waals surface area contributed by atoms with E-state index in [0.29, 0.717) is 17.5 Å². The summed E-state index contributed by atoms with van der Waals surface area (Å²) in [5, 5.41) is 6.73. The summed E-state index contributed by atoms with van der Waals surface area (Å²) in [7, 11) is 0. The lowest BCUT2D eigenvalue weighted by Gasteiger charge is -2.20. The molecule has 3 rings (SSSR count). The van der Waals surface area contributed by atoms with Crippen molar-refractivity contribution >= 4 is 5.91 Å². The van der Waals surface area contributed by atoms with Crippen LogP contribution in [0.5, 0.6) is 0 Å². The van der Waals surface area contributed by atoms with Gasteiger partial charge in [0, 0.05) is 42.4 Å². The average molecular weight is 446 g/mol. The molecule has 1 aromatic heterocycles. The molecule has 1 aromatic carbocycles. The normalized spacial score (nSPS) is 13.9. The first kappa shape index (κ1) is 26.4. The molecule has 1 aliphatic rings. The van der Waals surface area contributed by atoms with E-state index >= 15 is 0 Å². The molecule has 33 heavy (non-hydrogen) atoms. The average Bonchev–Trinajstić information content (AvgIpc) is 3.65. The fraction of sp³-hybridized carbons (Fsp3) is 0.448. The van der Waals surface area contributed by atoms with Gasteiger partial charge in [-0.25, -0.2) is 0 Å². The van der Waals surface area contributed by atoms with Gasteiger partial charge in [0.05, 0.1) is 0 Å². The number of carbonyl (C=O) groups excluding carboxylic acids is 1. The number of aromatic nitrogens is 1. The highest BCUT2D eigenvalue weighted by Crippen LogP contribution is 2.27. The number of nitrogens with zero attached hydrogens (tertiary/aromatic N) is 1. The molecular formula is C29H39N3O. The van der Waals surface area contributed by atoms with Gasteiger partial charge in [-0.15, -0.1) is 5.92 Å². The maximum absolute atomic E-state index is 12.6. The first-order valence-corrected chi connectivity index (χ1v) is 12.0. The Hall–Kier alpha value is -2.90. The van der Waals surface area contributed by atoms with Crippen LogP contribution in [0.15, 0.2) is 66.5 Å². The summed E-state index contributed by atoms with van der Waals surface area (Å²) in [6.45, 7) is 9.22. The van der Waals surface area contributed by atoms with E-state index in [4.69, 9.17) is 0 Å². The Morgan fingerprint density at radius 2 is 1.82 bits per heavy atom. The zero-order chi connectivity index (χ0) is 23.9. The first-order chi connectivity index (χ1) is 16.0. The SMILES string of the molecule is CC(CC#CC1CC1)NCC[C@H](Cc1ccccc1)NC(=O)c1ccncc1.CC=C(C)C. The predicted octanol–water partition coefficient (Wildman–Crippen LogP) is 5.57. The monoisotopic (exact) mass is 445 g/mol. The van der Waals surface area contributed by atoms with Crippen molar-refractivity contribution in [1.82, 2.24) is 15.6 Å². The third-order valence-electron chi connectivity index (χ3n) is 5.46. The lowest BCUT2D eigenvalue weighted by molar-refractivity contribution is 0.0934. The van der Waals surface area contributed by atoms with Crippen LogP contribution in [-0.2, 0) is 6.42 Å². The number of amides is 1.